The molecule has 3 rings (SSSR count). The third kappa shape index (κ3) is 6.03. The van der Waals surface area contributed by atoms with Gasteiger partial charge in [0.05, 0.1) is 12.2 Å². The van der Waals surface area contributed by atoms with Gasteiger partial charge in [-0.05, 0) is 56.6 Å². The third-order valence-corrected chi connectivity index (χ3v) is 5.36. The number of urea groups is 1. The lowest BCUT2D eigenvalue weighted by atomic mass is 10.1. The summed E-state index contributed by atoms with van der Waals surface area (Å²) in [5.41, 5.74) is 2.16. The molecule has 1 aromatic carbocycles. The highest BCUT2D eigenvalue weighted by Crippen LogP contribution is 2.17. The molecule has 0 spiro atoms. The normalized spacial score (nSPS) is 15.4. The number of benzene rings is 1. The lowest BCUT2D eigenvalue weighted by Crippen LogP contribution is -2.48. The Morgan fingerprint density at radius 1 is 1.34 bits per heavy atom. The van der Waals surface area contributed by atoms with Crippen LogP contribution in [0.25, 0.3) is 0 Å². The summed E-state index contributed by atoms with van der Waals surface area (Å²) in [7, 11) is 2.09. The number of oxazole rings is 1. The zero-order valence-electron chi connectivity index (χ0n) is 17.6. The SMILES string of the molecule is CCCc1ccc(CN(Cc2coc(C)n2)C(=O)NC2CCN(C)CC2)cc1F. The van der Waals surface area contributed by atoms with Gasteiger partial charge in [-0.3, -0.25) is 0 Å². The van der Waals surface area contributed by atoms with Crippen LogP contribution in [0, 0.1) is 12.7 Å². The van der Waals surface area contributed by atoms with Crippen molar-refractivity contribution in [3.8, 4) is 0 Å². The molecular weight excluding hydrogens is 371 g/mol. The lowest BCUT2D eigenvalue weighted by molar-refractivity contribution is 0.175. The summed E-state index contributed by atoms with van der Waals surface area (Å²) in [6.07, 6.45) is 5.03. The van der Waals surface area contributed by atoms with Crippen LogP contribution < -0.4 is 5.32 Å². The fraction of sp³-hybridized carbons (Fsp3) is 0.545. The van der Waals surface area contributed by atoms with Crippen LogP contribution >= 0.6 is 0 Å². The van der Waals surface area contributed by atoms with E-state index in [9.17, 15) is 9.18 Å². The number of rotatable bonds is 7. The number of carbonyl (C=O) groups is 1. The van der Waals surface area contributed by atoms with Gasteiger partial charge >= 0.3 is 6.03 Å². The molecule has 1 aliphatic heterocycles. The van der Waals surface area contributed by atoms with Crippen molar-refractivity contribution in [1.29, 1.82) is 0 Å². The van der Waals surface area contributed by atoms with Crippen LogP contribution in [0.4, 0.5) is 9.18 Å². The maximum Gasteiger partial charge on any atom is 0.318 e. The van der Waals surface area contributed by atoms with Crippen molar-refractivity contribution in [3.05, 3.63) is 53.0 Å². The van der Waals surface area contributed by atoms with Crippen LogP contribution in [0.15, 0.2) is 28.9 Å². The Hall–Kier alpha value is -2.41. The highest BCUT2D eigenvalue weighted by Gasteiger charge is 2.23. The van der Waals surface area contributed by atoms with Gasteiger partial charge in [0.1, 0.15) is 12.1 Å². The van der Waals surface area contributed by atoms with Gasteiger partial charge in [0.25, 0.3) is 0 Å². The Bertz CT molecular complexity index is 815. The van der Waals surface area contributed by atoms with Gasteiger partial charge in [-0.2, -0.15) is 0 Å². The summed E-state index contributed by atoms with van der Waals surface area (Å²) >= 11 is 0. The van der Waals surface area contributed by atoms with Crippen LogP contribution in [-0.2, 0) is 19.5 Å². The Labute approximate surface area is 172 Å². The molecule has 0 saturated carbocycles. The van der Waals surface area contributed by atoms with E-state index in [-0.39, 0.29) is 17.9 Å². The van der Waals surface area contributed by atoms with Gasteiger partial charge < -0.3 is 19.5 Å². The molecule has 0 radical (unpaired) electrons. The Kier molecular flexibility index (Phi) is 7.25. The maximum atomic E-state index is 14.4. The number of hydrogen-bond donors (Lipinski definition) is 1. The molecule has 2 aromatic rings. The largest absolute Gasteiger partial charge is 0.449 e. The predicted molar refractivity (Wildman–Crippen MR) is 110 cm³/mol. The first-order chi connectivity index (χ1) is 13.9. The van der Waals surface area contributed by atoms with E-state index in [2.05, 4.69) is 22.2 Å². The molecule has 0 atom stereocenters. The van der Waals surface area contributed by atoms with Crippen molar-refractivity contribution >= 4 is 6.03 Å². The van der Waals surface area contributed by atoms with E-state index in [1.165, 1.54) is 6.07 Å². The number of halogens is 1. The van der Waals surface area contributed by atoms with Crippen molar-refractivity contribution in [3.63, 3.8) is 0 Å². The summed E-state index contributed by atoms with van der Waals surface area (Å²) in [5, 5.41) is 3.14. The van der Waals surface area contributed by atoms with Crippen molar-refractivity contribution < 1.29 is 13.6 Å². The number of likely N-dealkylation sites (tertiary alicyclic amines) is 1. The summed E-state index contributed by atoms with van der Waals surface area (Å²) in [4.78, 5) is 21.3. The van der Waals surface area contributed by atoms with Crippen LogP contribution in [0.2, 0.25) is 0 Å². The number of carbonyl (C=O) groups excluding carboxylic acids is 1. The second-order valence-corrected chi connectivity index (χ2v) is 7.92. The summed E-state index contributed by atoms with van der Waals surface area (Å²) in [6, 6.07) is 5.26. The van der Waals surface area contributed by atoms with Gasteiger partial charge in [0, 0.05) is 19.5 Å². The van der Waals surface area contributed by atoms with Gasteiger partial charge in [0.2, 0.25) is 0 Å². The van der Waals surface area contributed by atoms with Gasteiger partial charge in [-0.15, -0.1) is 0 Å². The monoisotopic (exact) mass is 402 g/mol. The lowest BCUT2D eigenvalue weighted by Gasteiger charge is -2.31. The quantitative estimate of drug-likeness (QED) is 0.763. The molecule has 0 bridgehead atoms. The molecular formula is C22H31FN4O2. The number of nitrogens with zero attached hydrogens (tertiary/aromatic N) is 3. The number of piperidine rings is 1. The summed E-state index contributed by atoms with van der Waals surface area (Å²) in [5.74, 6) is 0.350. The van der Waals surface area contributed by atoms with E-state index < -0.39 is 0 Å². The second-order valence-electron chi connectivity index (χ2n) is 7.92. The van der Waals surface area contributed by atoms with Crippen molar-refractivity contribution in [2.75, 3.05) is 20.1 Å². The van der Waals surface area contributed by atoms with E-state index in [0.717, 1.165) is 37.9 Å². The summed E-state index contributed by atoms with van der Waals surface area (Å²) < 4.78 is 19.7. The standard InChI is InChI=1S/C22H31FN4O2/c1-4-5-18-7-6-17(12-21(18)23)13-27(14-20-15-29-16(2)24-20)22(28)25-19-8-10-26(3)11-9-19/h6-7,12,15,19H,4-5,8-11,13-14H2,1-3H3,(H,25,28). The fourth-order valence-electron chi connectivity index (χ4n) is 3.68. The predicted octanol–water partition coefficient (Wildman–Crippen LogP) is 3.88. The number of hydrogen-bond acceptors (Lipinski definition) is 4. The number of nitrogens with one attached hydrogen (secondary N) is 1. The third-order valence-electron chi connectivity index (χ3n) is 5.36. The topological polar surface area (TPSA) is 61.6 Å². The van der Waals surface area contributed by atoms with E-state index in [1.807, 2.05) is 19.1 Å². The smallest absolute Gasteiger partial charge is 0.318 e. The van der Waals surface area contributed by atoms with Crippen molar-refractivity contribution in [2.24, 2.45) is 0 Å². The second kappa shape index (κ2) is 9.87. The Morgan fingerprint density at radius 3 is 2.72 bits per heavy atom. The van der Waals surface area contributed by atoms with Crippen LogP contribution in [-0.4, -0.2) is 47.0 Å². The number of aromatic nitrogens is 1. The minimum Gasteiger partial charge on any atom is -0.449 e. The average Bonchev–Trinajstić information content (AvgIpc) is 3.10. The summed E-state index contributed by atoms with van der Waals surface area (Å²) in [6.45, 7) is 6.37. The molecule has 0 unspecified atom stereocenters. The molecule has 1 saturated heterocycles. The van der Waals surface area contributed by atoms with Crippen molar-refractivity contribution in [1.82, 2.24) is 20.1 Å². The molecule has 2 amide bonds. The molecule has 1 N–H and O–H groups in total. The minimum atomic E-state index is -0.211. The molecule has 6 nitrogen and oxygen atoms in total. The molecule has 1 aliphatic rings. The molecule has 158 valence electrons. The molecule has 1 aromatic heterocycles. The van der Waals surface area contributed by atoms with Crippen LogP contribution in [0.3, 0.4) is 0 Å². The zero-order valence-corrected chi connectivity index (χ0v) is 17.6. The van der Waals surface area contributed by atoms with E-state index >= 15 is 0 Å². The number of amides is 2. The van der Waals surface area contributed by atoms with Gasteiger partial charge in [0.15, 0.2) is 5.89 Å². The van der Waals surface area contributed by atoms with Crippen molar-refractivity contribution in [2.45, 2.75) is 58.7 Å². The fourth-order valence-corrected chi connectivity index (χ4v) is 3.68. The highest BCUT2D eigenvalue weighted by molar-refractivity contribution is 5.74. The molecule has 7 heteroatoms. The van der Waals surface area contributed by atoms with E-state index in [1.54, 1.807) is 18.1 Å². The first-order valence-electron chi connectivity index (χ1n) is 10.4. The average molecular weight is 403 g/mol. The zero-order chi connectivity index (χ0) is 20.8. The molecule has 1 fully saturated rings. The molecule has 2 heterocycles. The Balaban J connectivity index is 1.71. The minimum absolute atomic E-state index is 0.154. The Morgan fingerprint density at radius 2 is 2.10 bits per heavy atom. The van der Waals surface area contributed by atoms with Gasteiger partial charge in [-0.1, -0.05) is 25.5 Å². The first kappa shape index (κ1) is 21.3. The van der Waals surface area contributed by atoms with E-state index in [4.69, 9.17) is 4.42 Å². The molecule has 29 heavy (non-hydrogen) atoms. The van der Waals surface area contributed by atoms with Gasteiger partial charge in [-0.25, -0.2) is 14.2 Å². The van der Waals surface area contributed by atoms with E-state index in [0.29, 0.717) is 36.7 Å². The molecule has 0 aliphatic carbocycles. The maximum absolute atomic E-state index is 14.4. The first-order valence-corrected chi connectivity index (χ1v) is 10.4. The highest BCUT2D eigenvalue weighted by atomic mass is 19.1. The van der Waals surface area contributed by atoms with Crippen LogP contribution in [0.1, 0.15) is 48.9 Å². The number of aryl methyl sites for hydroxylation is 2. The van der Waals surface area contributed by atoms with Crippen LogP contribution in [0.5, 0.6) is 0 Å².